The number of nitrogens with zero attached hydrogens (tertiary/aromatic N) is 2. The highest BCUT2D eigenvalue weighted by Crippen LogP contribution is 2.41. The van der Waals surface area contributed by atoms with Gasteiger partial charge in [-0.15, -0.1) is 0 Å². The van der Waals surface area contributed by atoms with Crippen molar-refractivity contribution in [2.24, 2.45) is 11.7 Å². The maximum atomic E-state index is 13.3. The quantitative estimate of drug-likeness (QED) is 0.378. The Hall–Kier alpha value is -3.60. The van der Waals surface area contributed by atoms with Crippen molar-refractivity contribution in [3.8, 4) is 17.2 Å². The van der Waals surface area contributed by atoms with E-state index in [0.29, 0.717) is 23.4 Å². The van der Waals surface area contributed by atoms with Crippen LogP contribution in [0, 0.1) is 5.92 Å². The standard InChI is InChI=1S/C26H28F3N5O3/c1-13(30)22-21(23(35)31-12-25(10-11-25)34-14(2)15-4-5-15)33-24(37-22)17-6-8-18(36-3)20-16(17)7-9-19(32-20)26(27,28)29/h6-9,13,15,34H,2,4-5,10-12,30H2,1,3H3,(H,31,35)/t13-/m0/s1. The first-order valence-corrected chi connectivity index (χ1v) is 12.1. The number of pyridine rings is 1. The maximum Gasteiger partial charge on any atom is 0.433 e. The Bertz CT molecular complexity index is 1370. The number of ether oxygens (including phenoxy) is 1. The van der Waals surface area contributed by atoms with E-state index >= 15 is 0 Å². The summed E-state index contributed by atoms with van der Waals surface area (Å²) in [4.78, 5) is 21.3. The second kappa shape index (κ2) is 9.05. The van der Waals surface area contributed by atoms with E-state index in [-0.39, 0.29) is 34.2 Å². The number of carbonyl (C=O) groups is 1. The molecule has 0 aliphatic heterocycles. The lowest BCUT2D eigenvalue weighted by Crippen LogP contribution is -2.43. The van der Waals surface area contributed by atoms with Crippen LogP contribution in [0.2, 0.25) is 0 Å². The number of nitrogens with one attached hydrogen (secondary N) is 2. The van der Waals surface area contributed by atoms with Crippen molar-refractivity contribution in [3.63, 3.8) is 0 Å². The molecule has 0 bridgehead atoms. The van der Waals surface area contributed by atoms with Crippen LogP contribution in [0.5, 0.6) is 5.75 Å². The molecule has 1 atom stereocenters. The monoisotopic (exact) mass is 515 g/mol. The second-order valence-corrected chi connectivity index (χ2v) is 9.81. The summed E-state index contributed by atoms with van der Waals surface area (Å²) in [7, 11) is 1.35. The number of allylic oxidation sites excluding steroid dienone is 1. The van der Waals surface area contributed by atoms with E-state index in [0.717, 1.165) is 37.4 Å². The van der Waals surface area contributed by atoms with Gasteiger partial charge in [0.05, 0.1) is 18.7 Å². The molecule has 196 valence electrons. The SMILES string of the molecule is C=C(NC1(CNC(=O)c2nc(-c3ccc(OC)c4nc(C(F)(F)F)ccc34)oc2[C@H](C)N)CC1)C1CC1. The minimum absolute atomic E-state index is 0.000912. The molecule has 5 rings (SSSR count). The highest BCUT2D eigenvalue weighted by Gasteiger charge is 2.45. The van der Waals surface area contributed by atoms with Crippen LogP contribution in [0.25, 0.3) is 22.4 Å². The van der Waals surface area contributed by atoms with Crippen molar-refractivity contribution in [3.05, 3.63) is 53.7 Å². The number of aromatic nitrogens is 2. The number of alkyl halides is 3. The highest BCUT2D eigenvalue weighted by atomic mass is 19.4. The molecule has 1 aromatic carbocycles. The van der Waals surface area contributed by atoms with Crippen molar-refractivity contribution < 1.29 is 27.1 Å². The van der Waals surface area contributed by atoms with Crippen LogP contribution in [-0.2, 0) is 6.18 Å². The number of hydrogen-bond donors (Lipinski definition) is 3. The average Bonchev–Trinajstić information content (AvgIpc) is 3.79. The summed E-state index contributed by atoms with van der Waals surface area (Å²) in [5.74, 6) is 0.459. The molecule has 3 aromatic rings. The predicted molar refractivity (Wildman–Crippen MR) is 131 cm³/mol. The largest absolute Gasteiger partial charge is 0.494 e. The molecule has 2 heterocycles. The van der Waals surface area contributed by atoms with E-state index in [1.54, 1.807) is 13.0 Å². The van der Waals surface area contributed by atoms with Gasteiger partial charge in [-0.1, -0.05) is 6.58 Å². The van der Waals surface area contributed by atoms with Gasteiger partial charge in [-0.3, -0.25) is 4.79 Å². The van der Waals surface area contributed by atoms with Gasteiger partial charge in [0, 0.05) is 23.2 Å². The normalized spacial score (nSPS) is 17.4. The van der Waals surface area contributed by atoms with Gasteiger partial charge >= 0.3 is 6.18 Å². The number of fused-ring (bicyclic) bond motifs is 1. The Kier molecular flexibility index (Phi) is 6.13. The van der Waals surface area contributed by atoms with Crippen molar-refractivity contribution >= 4 is 16.8 Å². The number of nitrogens with two attached hydrogens (primary N) is 1. The van der Waals surface area contributed by atoms with Crippen LogP contribution in [0.15, 0.2) is 41.0 Å². The second-order valence-electron chi connectivity index (χ2n) is 9.81. The molecule has 2 aromatic heterocycles. The van der Waals surface area contributed by atoms with Gasteiger partial charge in [-0.2, -0.15) is 13.2 Å². The molecule has 1 amide bonds. The van der Waals surface area contributed by atoms with Gasteiger partial charge < -0.3 is 25.5 Å². The topological polar surface area (TPSA) is 115 Å². The summed E-state index contributed by atoms with van der Waals surface area (Å²) >= 11 is 0. The number of hydrogen-bond acceptors (Lipinski definition) is 7. The zero-order valence-corrected chi connectivity index (χ0v) is 20.5. The van der Waals surface area contributed by atoms with Gasteiger partial charge in [0.25, 0.3) is 5.91 Å². The summed E-state index contributed by atoms with van der Waals surface area (Å²) in [5, 5.41) is 6.73. The molecule has 11 heteroatoms. The Morgan fingerprint density at radius 2 is 2.00 bits per heavy atom. The zero-order valence-electron chi connectivity index (χ0n) is 20.5. The Labute approximate surface area is 211 Å². The molecule has 0 radical (unpaired) electrons. The average molecular weight is 516 g/mol. The molecule has 2 aliphatic rings. The fourth-order valence-corrected chi connectivity index (χ4v) is 4.32. The molecule has 37 heavy (non-hydrogen) atoms. The van der Waals surface area contributed by atoms with Gasteiger partial charge in [0.2, 0.25) is 5.89 Å². The molecular weight excluding hydrogens is 487 g/mol. The third-order valence-corrected chi connectivity index (χ3v) is 6.78. The van der Waals surface area contributed by atoms with E-state index in [1.165, 1.54) is 19.2 Å². The number of amides is 1. The van der Waals surface area contributed by atoms with Crippen LogP contribution in [0.1, 0.15) is 60.6 Å². The van der Waals surface area contributed by atoms with Crippen molar-refractivity contribution in [1.29, 1.82) is 0 Å². The third-order valence-electron chi connectivity index (χ3n) is 6.78. The van der Waals surface area contributed by atoms with Crippen molar-refractivity contribution in [1.82, 2.24) is 20.6 Å². The Morgan fingerprint density at radius 3 is 2.59 bits per heavy atom. The summed E-state index contributed by atoms with van der Waals surface area (Å²) < 4.78 is 51.0. The number of carbonyl (C=O) groups excluding carboxylic acids is 1. The van der Waals surface area contributed by atoms with Gasteiger partial charge in [0.1, 0.15) is 17.0 Å². The fourth-order valence-electron chi connectivity index (χ4n) is 4.32. The summed E-state index contributed by atoms with van der Waals surface area (Å²) in [6.45, 7) is 6.17. The molecular formula is C26H28F3N5O3. The molecule has 4 N–H and O–H groups in total. The van der Waals surface area contributed by atoms with Crippen LogP contribution >= 0.6 is 0 Å². The van der Waals surface area contributed by atoms with Crippen LogP contribution in [0.3, 0.4) is 0 Å². The van der Waals surface area contributed by atoms with Crippen molar-refractivity contribution in [2.45, 2.75) is 50.4 Å². The molecule has 8 nitrogen and oxygen atoms in total. The highest BCUT2D eigenvalue weighted by molar-refractivity contribution is 5.98. The van der Waals surface area contributed by atoms with Crippen LogP contribution in [-0.4, -0.2) is 35.1 Å². The van der Waals surface area contributed by atoms with Crippen molar-refractivity contribution in [2.75, 3.05) is 13.7 Å². The lowest BCUT2D eigenvalue weighted by molar-refractivity contribution is -0.140. The van der Waals surface area contributed by atoms with E-state index in [9.17, 15) is 18.0 Å². The van der Waals surface area contributed by atoms with Gasteiger partial charge in [-0.25, -0.2) is 9.97 Å². The molecule has 2 aliphatic carbocycles. The zero-order chi connectivity index (χ0) is 26.5. The maximum absolute atomic E-state index is 13.3. The molecule has 2 saturated carbocycles. The number of halogens is 3. The minimum atomic E-state index is -4.62. The summed E-state index contributed by atoms with van der Waals surface area (Å²) in [6.07, 6.45) is -0.492. The predicted octanol–water partition coefficient (Wildman–Crippen LogP) is 4.71. The first-order chi connectivity index (χ1) is 17.5. The lowest BCUT2D eigenvalue weighted by atomic mass is 10.1. The summed E-state index contributed by atoms with van der Waals surface area (Å²) in [5.41, 5.74) is 6.23. The number of oxazole rings is 1. The first-order valence-electron chi connectivity index (χ1n) is 12.1. The smallest absolute Gasteiger partial charge is 0.433 e. The Balaban J connectivity index is 1.44. The van der Waals surface area contributed by atoms with E-state index in [2.05, 4.69) is 27.2 Å². The van der Waals surface area contributed by atoms with Gasteiger partial charge in [-0.05, 0) is 62.8 Å². The number of rotatable bonds is 9. The number of methoxy groups -OCH3 is 1. The third kappa shape index (κ3) is 5.00. The van der Waals surface area contributed by atoms with Crippen LogP contribution < -0.4 is 21.1 Å². The molecule has 0 spiro atoms. The minimum Gasteiger partial charge on any atom is -0.494 e. The number of benzene rings is 1. The van der Waals surface area contributed by atoms with Gasteiger partial charge in [0.15, 0.2) is 11.5 Å². The molecule has 0 unspecified atom stereocenters. The fraction of sp³-hybridized carbons (Fsp3) is 0.423. The molecule has 0 saturated heterocycles. The van der Waals surface area contributed by atoms with Crippen LogP contribution in [0.4, 0.5) is 13.2 Å². The molecule has 2 fully saturated rings. The lowest BCUT2D eigenvalue weighted by Gasteiger charge is -2.20. The van der Waals surface area contributed by atoms with E-state index in [4.69, 9.17) is 14.9 Å². The van der Waals surface area contributed by atoms with E-state index in [1.807, 2.05) is 0 Å². The Morgan fingerprint density at radius 1 is 1.27 bits per heavy atom. The summed E-state index contributed by atoms with van der Waals surface area (Å²) in [6, 6.07) is 4.60. The van der Waals surface area contributed by atoms with E-state index < -0.39 is 23.8 Å². The first kappa shape index (κ1) is 25.1.